The molecule has 118 valence electrons. The van der Waals surface area contributed by atoms with Crippen molar-refractivity contribution < 1.29 is 39.5 Å². The Morgan fingerprint density at radius 1 is 1.29 bits per heavy atom. The zero-order valence-electron chi connectivity index (χ0n) is 13.9. The monoisotopic (exact) mass is 350 g/mol. The van der Waals surface area contributed by atoms with Gasteiger partial charge >= 0.3 is 29.6 Å². The predicted molar refractivity (Wildman–Crippen MR) is 89.0 cm³/mol. The molecule has 0 fully saturated rings. The van der Waals surface area contributed by atoms with Gasteiger partial charge in [-0.1, -0.05) is 37.6 Å². The van der Waals surface area contributed by atoms with E-state index in [4.69, 9.17) is 11.6 Å². The molecule has 3 aromatic rings. The number of hydrogen-bond acceptors (Lipinski definition) is 3. The largest absolute Gasteiger partial charge is 1.00 e. The van der Waals surface area contributed by atoms with Crippen molar-refractivity contribution in [2.75, 3.05) is 0 Å². The molecule has 2 aromatic heterocycles. The third kappa shape index (κ3) is 3.83. The van der Waals surface area contributed by atoms with Crippen LogP contribution in [0.1, 0.15) is 29.9 Å². The molecule has 0 saturated carbocycles. The molecule has 0 N–H and O–H groups in total. The molecule has 24 heavy (non-hydrogen) atoms. The molecule has 0 bridgehead atoms. The van der Waals surface area contributed by atoms with E-state index < -0.39 is 5.97 Å². The molecule has 0 spiro atoms. The molecule has 1 aromatic carbocycles. The number of aromatic nitrogens is 2. The standard InChI is InChI=1S/C18H17ClN2O2.Na/c1-11(2)8-12-10-21(16-9-13(19)6-7-14(12)16)17-5-3-4-15(20-17)18(22)23;/h3-7,9-11H,8H2,1-2H3,(H,22,23);/q;+1/p-1. The van der Waals surface area contributed by atoms with Gasteiger partial charge < -0.3 is 14.5 Å². The van der Waals surface area contributed by atoms with E-state index in [1.807, 2.05) is 29.0 Å². The number of carboxylic acids is 1. The van der Waals surface area contributed by atoms with Crippen molar-refractivity contribution in [1.82, 2.24) is 9.55 Å². The van der Waals surface area contributed by atoms with Crippen LogP contribution < -0.4 is 34.7 Å². The number of benzene rings is 1. The first kappa shape index (κ1) is 19.0. The zero-order valence-corrected chi connectivity index (χ0v) is 16.7. The second kappa shape index (κ2) is 7.70. The van der Waals surface area contributed by atoms with Gasteiger partial charge in [0.15, 0.2) is 0 Å². The molecule has 0 saturated heterocycles. The predicted octanol–water partition coefficient (Wildman–Crippen LogP) is 0.245. The van der Waals surface area contributed by atoms with E-state index in [9.17, 15) is 9.90 Å². The van der Waals surface area contributed by atoms with Crippen LogP contribution in [0.25, 0.3) is 16.7 Å². The second-order valence-electron chi connectivity index (χ2n) is 5.95. The van der Waals surface area contributed by atoms with Crippen molar-refractivity contribution >= 4 is 28.5 Å². The average molecular weight is 351 g/mol. The van der Waals surface area contributed by atoms with Crippen LogP contribution in [0, 0.1) is 5.92 Å². The molecule has 0 amide bonds. The number of aromatic carboxylic acids is 1. The normalized spacial score (nSPS) is 10.8. The Balaban J connectivity index is 0.00000208. The number of carbonyl (C=O) groups excluding carboxylic acids is 1. The molecule has 3 rings (SSSR count). The maximum absolute atomic E-state index is 11.0. The molecular weight excluding hydrogens is 335 g/mol. The molecule has 0 aliphatic heterocycles. The summed E-state index contributed by atoms with van der Waals surface area (Å²) in [5.74, 6) is -0.245. The number of pyridine rings is 1. The van der Waals surface area contributed by atoms with Crippen molar-refractivity contribution in [3.8, 4) is 5.82 Å². The van der Waals surface area contributed by atoms with Gasteiger partial charge in [0.2, 0.25) is 0 Å². The van der Waals surface area contributed by atoms with Crippen LogP contribution in [-0.2, 0) is 6.42 Å². The summed E-state index contributed by atoms with van der Waals surface area (Å²) < 4.78 is 1.88. The fourth-order valence-corrected chi connectivity index (χ4v) is 2.90. The van der Waals surface area contributed by atoms with Crippen molar-refractivity contribution in [2.45, 2.75) is 20.3 Å². The molecule has 0 aliphatic carbocycles. The average Bonchev–Trinajstić information content (AvgIpc) is 2.84. The molecule has 2 heterocycles. The van der Waals surface area contributed by atoms with Gasteiger partial charge in [-0.15, -0.1) is 0 Å². The third-order valence-corrected chi connectivity index (χ3v) is 3.90. The van der Waals surface area contributed by atoms with Crippen LogP contribution in [0.5, 0.6) is 0 Å². The van der Waals surface area contributed by atoms with Crippen molar-refractivity contribution in [1.29, 1.82) is 0 Å². The van der Waals surface area contributed by atoms with Crippen LogP contribution in [0.3, 0.4) is 0 Å². The van der Waals surface area contributed by atoms with Crippen LogP contribution >= 0.6 is 11.6 Å². The summed E-state index contributed by atoms with van der Waals surface area (Å²) in [5.41, 5.74) is 2.01. The SMILES string of the molecule is CC(C)Cc1cn(-c2cccc(C(=O)[O-])n2)c2cc(Cl)ccc12.[Na+]. The quantitative estimate of drug-likeness (QED) is 0.634. The van der Waals surface area contributed by atoms with Gasteiger partial charge in [-0.25, -0.2) is 4.98 Å². The van der Waals surface area contributed by atoms with Gasteiger partial charge in [0, 0.05) is 16.6 Å². The molecule has 0 unspecified atom stereocenters. The summed E-state index contributed by atoms with van der Waals surface area (Å²) in [6.07, 6.45) is 2.92. The second-order valence-corrected chi connectivity index (χ2v) is 6.39. The number of fused-ring (bicyclic) bond motifs is 1. The number of carbonyl (C=O) groups is 1. The van der Waals surface area contributed by atoms with Gasteiger partial charge in [0.05, 0.1) is 17.2 Å². The molecule has 0 atom stereocenters. The minimum absolute atomic E-state index is 0. The summed E-state index contributed by atoms with van der Waals surface area (Å²) in [6.45, 7) is 4.32. The molecule has 6 heteroatoms. The van der Waals surface area contributed by atoms with E-state index in [0.29, 0.717) is 16.8 Å². The van der Waals surface area contributed by atoms with Crippen LogP contribution in [0.2, 0.25) is 5.02 Å². The van der Waals surface area contributed by atoms with Gasteiger partial charge in [-0.3, -0.25) is 0 Å². The van der Waals surface area contributed by atoms with E-state index in [1.165, 1.54) is 11.6 Å². The van der Waals surface area contributed by atoms with Crippen molar-refractivity contribution in [2.24, 2.45) is 5.92 Å². The first-order valence-corrected chi connectivity index (χ1v) is 7.82. The Morgan fingerprint density at radius 3 is 2.71 bits per heavy atom. The van der Waals surface area contributed by atoms with Crippen LogP contribution in [0.4, 0.5) is 0 Å². The minimum Gasteiger partial charge on any atom is -0.543 e. The number of nitrogens with zero attached hydrogens (tertiary/aromatic N) is 2. The van der Waals surface area contributed by atoms with Crippen molar-refractivity contribution in [3.63, 3.8) is 0 Å². The van der Waals surface area contributed by atoms with Crippen molar-refractivity contribution in [3.05, 3.63) is 58.9 Å². The number of halogens is 1. The number of carboxylic acid groups (broad SMARTS) is 1. The fourth-order valence-electron chi connectivity index (χ4n) is 2.73. The Hall–Kier alpha value is -1.33. The molecule has 0 radical (unpaired) electrons. The Labute approximate surface area is 167 Å². The summed E-state index contributed by atoms with van der Waals surface area (Å²) in [7, 11) is 0. The number of hydrogen-bond donors (Lipinski definition) is 0. The van der Waals surface area contributed by atoms with Crippen LogP contribution in [-0.4, -0.2) is 15.5 Å². The zero-order chi connectivity index (χ0) is 16.6. The van der Waals surface area contributed by atoms with Gasteiger partial charge in [0.1, 0.15) is 5.82 Å². The first-order chi connectivity index (χ1) is 11.0. The number of rotatable bonds is 4. The molecule has 4 nitrogen and oxygen atoms in total. The first-order valence-electron chi connectivity index (χ1n) is 7.44. The summed E-state index contributed by atoms with van der Waals surface area (Å²) in [5, 5.41) is 12.8. The van der Waals surface area contributed by atoms with E-state index in [1.54, 1.807) is 12.1 Å². The summed E-state index contributed by atoms with van der Waals surface area (Å²) in [4.78, 5) is 15.2. The van der Waals surface area contributed by atoms with Gasteiger partial charge in [-0.2, -0.15) is 0 Å². The molecule has 0 aliphatic rings. The fraction of sp³-hybridized carbons (Fsp3) is 0.222. The smallest absolute Gasteiger partial charge is 0.543 e. The van der Waals surface area contributed by atoms with E-state index in [-0.39, 0.29) is 35.3 Å². The van der Waals surface area contributed by atoms with Crippen LogP contribution in [0.15, 0.2) is 42.6 Å². The van der Waals surface area contributed by atoms with Gasteiger partial charge in [0.25, 0.3) is 0 Å². The molecular formula is C18H16ClN2NaO2. The Kier molecular flexibility index (Phi) is 6.10. The third-order valence-electron chi connectivity index (χ3n) is 3.67. The maximum Gasteiger partial charge on any atom is 1.00 e. The van der Waals surface area contributed by atoms with Gasteiger partial charge in [-0.05, 0) is 42.2 Å². The topological polar surface area (TPSA) is 58.0 Å². The Morgan fingerprint density at radius 2 is 2.04 bits per heavy atom. The van der Waals surface area contributed by atoms with E-state index in [0.717, 1.165) is 17.3 Å². The minimum atomic E-state index is -1.29. The van der Waals surface area contributed by atoms with E-state index >= 15 is 0 Å². The Bertz CT molecular complexity index is 890. The summed E-state index contributed by atoms with van der Waals surface area (Å²) >= 11 is 6.14. The summed E-state index contributed by atoms with van der Waals surface area (Å²) in [6, 6.07) is 10.6. The maximum atomic E-state index is 11.0. The van der Waals surface area contributed by atoms with E-state index in [2.05, 4.69) is 18.8 Å².